The lowest BCUT2D eigenvalue weighted by molar-refractivity contribution is -0.122. The lowest BCUT2D eigenvalue weighted by atomic mass is 9.78. The molecule has 5 nitrogen and oxygen atoms in total. The van der Waals surface area contributed by atoms with E-state index >= 15 is 0 Å². The van der Waals surface area contributed by atoms with E-state index in [9.17, 15) is 9.59 Å². The average Bonchev–Trinajstić information content (AvgIpc) is 2.71. The molecule has 0 spiro atoms. The van der Waals surface area contributed by atoms with Gasteiger partial charge < -0.3 is 4.90 Å². The molecule has 4 rings (SSSR count). The first kappa shape index (κ1) is 23.2. The summed E-state index contributed by atoms with van der Waals surface area (Å²) in [5.41, 5.74) is 5.15. The van der Waals surface area contributed by atoms with Gasteiger partial charge in [-0.2, -0.15) is 0 Å². The van der Waals surface area contributed by atoms with Crippen molar-refractivity contribution in [2.24, 2.45) is 0 Å². The summed E-state index contributed by atoms with van der Waals surface area (Å²) in [4.78, 5) is 30.0. The number of aryl methyl sites for hydroxylation is 1. The molecule has 1 fully saturated rings. The second kappa shape index (κ2) is 8.41. The van der Waals surface area contributed by atoms with Crippen LogP contribution >= 0.6 is 12.2 Å². The number of fused-ring (bicyclic) bond motifs is 1. The van der Waals surface area contributed by atoms with Gasteiger partial charge >= 0.3 is 0 Å². The van der Waals surface area contributed by atoms with Crippen molar-refractivity contribution in [3.63, 3.8) is 0 Å². The zero-order valence-electron chi connectivity index (χ0n) is 20.1. The van der Waals surface area contributed by atoms with Gasteiger partial charge in [-0.15, -0.1) is 0 Å². The van der Waals surface area contributed by atoms with Gasteiger partial charge in [0.15, 0.2) is 5.11 Å². The highest BCUT2D eigenvalue weighted by Gasteiger charge is 2.38. The van der Waals surface area contributed by atoms with Crippen molar-refractivity contribution in [3.8, 4) is 0 Å². The number of hydrogen-bond acceptors (Lipinski definition) is 4. The predicted molar refractivity (Wildman–Crippen MR) is 139 cm³/mol. The van der Waals surface area contributed by atoms with E-state index in [0.29, 0.717) is 17.6 Å². The summed E-state index contributed by atoms with van der Waals surface area (Å²) < 4.78 is 0. The van der Waals surface area contributed by atoms with Crippen LogP contribution in [0.4, 0.5) is 11.4 Å². The van der Waals surface area contributed by atoms with Crippen molar-refractivity contribution in [1.82, 2.24) is 5.32 Å². The molecule has 1 N–H and O–H groups in total. The molecule has 6 heteroatoms. The zero-order valence-corrected chi connectivity index (χ0v) is 20.9. The molecule has 1 saturated heterocycles. The van der Waals surface area contributed by atoms with E-state index in [0.717, 1.165) is 17.5 Å². The SMILES string of the molecule is Cc1cc2c(cc1/C=C1\C(=O)NC(=S)N(c3ccccc3)C1=O)C(C)CC(C)(C)N2C(C)C. The average molecular weight is 462 g/mol. The number of hydrogen-bond donors (Lipinski definition) is 1. The van der Waals surface area contributed by atoms with Crippen LogP contribution in [0.1, 0.15) is 63.6 Å². The monoisotopic (exact) mass is 461 g/mol. The topological polar surface area (TPSA) is 52.7 Å². The molecule has 2 aliphatic heterocycles. The lowest BCUT2D eigenvalue weighted by Crippen LogP contribution is -2.54. The number of para-hydroxylation sites is 1. The fourth-order valence-electron chi connectivity index (χ4n) is 5.37. The molecule has 2 amide bonds. The van der Waals surface area contributed by atoms with Crippen LogP contribution in [0.25, 0.3) is 6.08 Å². The maximum absolute atomic E-state index is 13.3. The van der Waals surface area contributed by atoms with E-state index in [2.05, 4.69) is 57.0 Å². The highest BCUT2D eigenvalue weighted by atomic mass is 32.1. The Kier molecular flexibility index (Phi) is 5.91. The molecule has 0 bridgehead atoms. The van der Waals surface area contributed by atoms with Crippen molar-refractivity contribution in [2.45, 2.75) is 65.5 Å². The lowest BCUT2D eigenvalue weighted by Gasteiger charge is -2.50. The Balaban J connectivity index is 1.79. The summed E-state index contributed by atoms with van der Waals surface area (Å²) in [5, 5.41) is 2.77. The number of nitrogens with zero attached hydrogens (tertiary/aromatic N) is 2. The first-order chi connectivity index (χ1) is 15.5. The quantitative estimate of drug-likeness (QED) is 0.382. The van der Waals surface area contributed by atoms with Crippen LogP contribution in [0.3, 0.4) is 0 Å². The van der Waals surface area contributed by atoms with Crippen LogP contribution in [0, 0.1) is 6.92 Å². The first-order valence-corrected chi connectivity index (χ1v) is 11.8. The van der Waals surface area contributed by atoms with Crippen molar-refractivity contribution < 1.29 is 9.59 Å². The minimum absolute atomic E-state index is 0.0537. The number of carbonyl (C=O) groups excluding carboxylic acids is 2. The Morgan fingerprint density at radius 1 is 1.15 bits per heavy atom. The molecule has 0 aliphatic carbocycles. The molecule has 2 heterocycles. The molecule has 2 aromatic carbocycles. The van der Waals surface area contributed by atoms with Crippen LogP contribution in [0.15, 0.2) is 48.0 Å². The number of rotatable bonds is 3. The molecule has 33 heavy (non-hydrogen) atoms. The molecule has 1 atom stereocenters. The summed E-state index contributed by atoms with van der Waals surface area (Å²) in [6.07, 6.45) is 2.74. The van der Waals surface area contributed by atoms with Crippen molar-refractivity contribution in [3.05, 3.63) is 64.7 Å². The minimum atomic E-state index is -0.465. The molecule has 2 aliphatic rings. The van der Waals surface area contributed by atoms with E-state index in [1.165, 1.54) is 16.2 Å². The molecule has 0 saturated carbocycles. The van der Waals surface area contributed by atoms with Crippen molar-refractivity contribution in [2.75, 3.05) is 9.80 Å². The van der Waals surface area contributed by atoms with Gasteiger partial charge in [0, 0.05) is 17.3 Å². The van der Waals surface area contributed by atoms with Crippen molar-refractivity contribution in [1.29, 1.82) is 0 Å². The van der Waals surface area contributed by atoms with Crippen molar-refractivity contribution >= 4 is 46.6 Å². The maximum Gasteiger partial charge on any atom is 0.270 e. The summed E-state index contributed by atoms with van der Waals surface area (Å²) in [6.45, 7) is 13.3. The minimum Gasteiger partial charge on any atom is -0.364 e. The Morgan fingerprint density at radius 2 is 1.82 bits per heavy atom. The molecular weight excluding hydrogens is 430 g/mol. The normalized spacial score (nSPS) is 21.5. The summed E-state index contributed by atoms with van der Waals surface area (Å²) in [7, 11) is 0. The van der Waals surface area contributed by atoms with Gasteiger partial charge in [0.1, 0.15) is 5.57 Å². The summed E-state index contributed by atoms with van der Waals surface area (Å²) in [6, 6.07) is 13.8. The van der Waals surface area contributed by atoms with E-state index in [1.54, 1.807) is 18.2 Å². The van der Waals surface area contributed by atoms with Gasteiger partial charge in [-0.05, 0) is 106 Å². The van der Waals surface area contributed by atoms with Crippen LogP contribution in [-0.2, 0) is 9.59 Å². The van der Waals surface area contributed by atoms with Gasteiger partial charge in [-0.3, -0.25) is 19.8 Å². The zero-order chi connectivity index (χ0) is 24.1. The number of anilines is 2. The maximum atomic E-state index is 13.3. The van der Waals surface area contributed by atoms with E-state index in [4.69, 9.17) is 12.2 Å². The standard InChI is InChI=1S/C27H31N3O2S/c1-16(2)30-23-12-17(3)19(13-21(23)18(4)15-27(30,5)6)14-22-24(31)28-26(33)29(25(22)32)20-10-8-7-9-11-20/h7-14,16,18H,15H2,1-6H3,(H,28,31,33)/b22-14+. The third-order valence-corrected chi connectivity index (χ3v) is 6.88. The fraction of sp³-hybridized carbons (Fsp3) is 0.370. The number of amides is 2. The number of carbonyl (C=O) groups is 2. The van der Waals surface area contributed by atoms with E-state index in [-0.39, 0.29) is 16.2 Å². The third kappa shape index (κ3) is 4.08. The number of benzene rings is 2. The summed E-state index contributed by atoms with van der Waals surface area (Å²) in [5.74, 6) is -0.510. The number of nitrogens with one attached hydrogen (secondary N) is 1. The Bertz CT molecular complexity index is 1170. The highest BCUT2D eigenvalue weighted by Crippen LogP contribution is 2.45. The van der Waals surface area contributed by atoms with Gasteiger partial charge in [-0.25, -0.2) is 0 Å². The largest absolute Gasteiger partial charge is 0.364 e. The van der Waals surface area contributed by atoms with E-state index < -0.39 is 11.8 Å². The Morgan fingerprint density at radius 3 is 2.45 bits per heavy atom. The van der Waals surface area contributed by atoms with Crippen LogP contribution < -0.4 is 15.1 Å². The number of thiocarbonyl (C=S) groups is 1. The fourth-order valence-corrected chi connectivity index (χ4v) is 5.65. The molecule has 1 unspecified atom stereocenters. The predicted octanol–water partition coefficient (Wildman–Crippen LogP) is 5.33. The molecule has 0 aromatic heterocycles. The molecular formula is C27H31N3O2S. The smallest absolute Gasteiger partial charge is 0.270 e. The van der Waals surface area contributed by atoms with Gasteiger partial charge in [-0.1, -0.05) is 25.1 Å². The van der Waals surface area contributed by atoms with Crippen LogP contribution in [0.5, 0.6) is 0 Å². The summed E-state index contributed by atoms with van der Waals surface area (Å²) >= 11 is 5.30. The van der Waals surface area contributed by atoms with Gasteiger partial charge in [0.25, 0.3) is 11.8 Å². The van der Waals surface area contributed by atoms with E-state index in [1.807, 2.05) is 25.1 Å². The van der Waals surface area contributed by atoms with Gasteiger partial charge in [0.2, 0.25) is 0 Å². The first-order valence-electron chi connectivity index (χ1n) is 11.4. The molecule has 0 radical (unpaired) electrons. The van der Waals surface area contributed by atoms with Crippen LogP contribution in [0.2, 0.25) is 0 Å². The highest BCUT2D eigenvalue weighted by molar-refractivity contribution is 7.80. The Labute approximate surface area is 201 Å². The second-order valence-corrected chi connectivity index (χ2v) is 10.3. The van der Waals surface area contributed by atoms with Crippen LogP contribution in [-0.4, -0.2) is 28.5 Å². The molecule has 172 valence electrons. The molecule has 2 aromatic rings. The Hall–Kier alpha value is -2.99. The third-order valence-electron chi connectivity index (χ3n) is 6.60. The van der Waals surface area contributed by atoms with Gasteiger partial charge in [0.05, 0.1) is 5.69 Å². The second-order valence-electron chi connectivity index (χ2n) is 9.94.